The van der Waals surface area contributed by atoms with Crippen LogP contribution in [-0.4, -0.2) is 37.4 Å². The quantitative estimate of drug-likeness (QED) is 0.631. The molecule has 13 heavy (non-hydrogen) atoms. The Balaban J connectivity index is 5.49. The zero-order valence-corrected chi connectivity index (χ0v) is 10.4. The Kier molecular flexibility index (Phi) is 3.66. The molecule has 80 valence electrons. The van der Waals surface area contributed by atoms with Gasteiger partial charge in [-0.15, -0.1) is 0 Å². The van der Waals surface area contributed by atoms with E-state index >= 15 is 0 Å². The molecule has 0 rings (SSSR count). The molecule has 0 fully saturated rings. The summed E-state index contributed by atoms with van der Waals surface area (Å²) in [5.74, 6) is 0. The van der Waals surface area contributed by atoms with Crippen molar-refractivity contribution in [2.24, 2.45) is 0 Å². The molecule has 0 aliphatic heterocycles. The van der Waals surface area contributed by atoms with Crippen molar-refractivity contribution in [2.45, 2.75) is 13.1 Å². The van der Waals surface area contributed by atoms with Crippen LogP contribution in [0.4, 0.5) is 0 Å². The molecule has 0 N–H and O–H groups in total. The summed E-state index contributed by atoms with van der Waals surface area (Å²) in [7, 11) is -6.23. The van der Waals surface area contributed by atoms with Crippen LogP contribution in [0.15, 0.2) is 0 Å². The van der Waals surface area contributed by atoms with E-state index in [-0.39, 0.29) is 0 Å². The predicted octanol–water partition coefficient (Wildman–Crippen LogP) is -0.359. The second-order valence-corrected chi connectivity index (χ2v) is 17.8. The second kappa shape index (κ2) is 3.65. The molecule has 9 heteroatoms. The van der Waals surface area contributed by atoms with Crippen LogP contribution in [0, 0.1) is 0 Å². The Morgan fingerprint density at radius 2 is 1.08 bits per heavy atom. The van der Waals surface area contributed by atoms with Crippen molar-refractivity contribution in [3.63, 3.8) is 0 Å². The Bertz CT molecular complexity index is 329. The van der Waals surface area contributed by atoms with Gasteiger partial charge in [0.2, 0.25) is 19.1 Å². The highest BCUT2D eigenvalue weighted by atomic mass is 32.6. The molecule has 0 radical (unpaired) electrons. The van der Waals surface area contributed by atoms with E-state index in [9.17, 15) is 16.8 Å². The van der Waals surface area contributed by atoms with Gasteiger partial charge in [0.1, 0.15) is 0 Å². The van der Waals surface area contributed by atoms with Crippen LogP contribution in [0.5, 0.6) is 0 Å². The van der Waals surface area contributed by atoms with Crippen molar-refractivity contribution < 1.29 is 25.2 Å². The van der Waals surface area contributed by atoms with E-state index in [1.54, 1.807) is 0 Å². The van der Waals surface area contributed by atoms with Crippen molar-refractivity contribution >= 4 is 25.5 Å². The fourth-order valence-electron chi connectivity index (χ4n) is 0.526. The van der Waals surface area contributed by atoms with Gasteiger partial charge in [0, 0.05) is 0 Å². The number of hydrogen-bond acceptors (Lipinski definition) is 6. The molecule has 0 amide bonds. The van der Waals surface area contributed by atoms with Crippen molar-refractivity contribution in [3.8, 4) is 0 Å². The SMILES string of the molecule is COS(=O)(=O)[Si](C)(C)S(=O)(=O)OC. The summed E-state index contributed by atoms with van der Waals surface area (Å²) in [5, 5.41) is 0. The largest absolute Gasteiger partial charge is 0.389 e. The minimum atomic E-state index is -4.04. The lowest BCUT2D eigenvalue weighted by Gasteiger charge is -2.17. The van der Waals surface area contributed by atoms with Crippen LogP contribution in [0.25, 0.3) is 0 Å². The van der Waals surface area contributed by atoms with Crippen LogP contribution < -0.4 is 0 Å². The van der Waals surface area contributed by atoms with Crippen molar-refractivity contribution in [3.05, 3.63) is 0 Å². The molecule has 0 heterocycles. The lowest BCUT2D eigenvalue weighted by Crippen LogP contribution is -2.47. The predicted molar refractivity (Wildman–Crippen MR) is 49.3 cm³/mol. The molecule has 0 aliphatic carbocycles. The monoisotopic (exact) mass is 248 g/mol. The Hall–Kier alpha value is 0.0369. The summed E-state index contributed by atoms with van der Waals surface area (Å²) in [4.78, 5) is 0. The first-order valence-electron chi connectivity index (χ1n) is 3.22. The zero-order chi connectivity index (χ0) is 10.9. The molecule has 0 atom stereocenters. The van der Waals surface area contributed by atoms with Crippen LogP contribution in [0.1, 0.15) is 0 Å². The third-order valence-electron chi connectivity index (χ3n) is 1.64. The molecule has 6 nitrogen and oxygen atoms in total. The summed E-state index contributed by atoms with van der Waals surface area (Å²) < 4.78 is 53.2. The van der Waals surface area contributed by atoms with Gasteiger partial charge < -0.3 is 0 Å². The smallest absolute Gasteiger partial charge is 0.278 e. The Morgan fingerprint density at radius 3 is 1.23 bits per heavy atom. The highest BCUT2D eigenvalue weighted by Crippen LogP contribution is 2.21. The maximum Gasteiger partial charge on any atom is 0.389 e. The topological polar surface area (TPSA) is 86.7 Å². The van der Waals surface area contributed by atoms with Crippen LogP contribution in [0.3, 0.4) is 0 Å². The van der Waals surface area contributed by atoms with E-state index in [2.05, 4.69) is 8.37 Å². The third kappa shape index (κ3) is 2.10. The minimum Gasteiger partial charge on any atom is -0.278 e. The standard InChI is InChI=1S/C4H12O6S2Si/c1-9-11(5,6)13(3,4)12(7,8)10-2/h1-4H3. The van der Waals surface area contributed by atoms with Crippen LogP contribution >= 0.6 is 0 Å². The molecular formula is C4H12O6S2Si. The van der Waals surface area contributed by atoms with Crippen LogP contribution in [0.2, 0.25) is 13.1 Å². The number of rotatable bonds is 4. The van der Waals surface area contributed by atoms with Crippen molar-refractivity contribution in [2.75, 3.05) is 14.2 Å². The van der Waals surface area contributed by atoms with Gasteiger partial charge in [-0.25, -0.2) is 16.8 Å². The number of hydrogen-bond donors (Lipinski definition) is 0. The van der Waals surface area contributed by atoms with E-state index in [1.807, 2.05) is 0 Å². The molecule has 0 aliphatic rings. The maximum atomic E-state index is 11.2. The van der Waals surface area contributed by atoms with E-state index in [1.165, 1.54) is 0 Å². The maximum absolute atomic E-state index is 11.2. The lowest BCUT2D eigenvalue weighted by molar-refractivity contribution is 0.403. The van der Waals surface area contributed by atoms with Gasteiger partial charge in [0.25, 0.3) is 0 Å². The van der Waals surface area contributed by atoms with E-state index in [0.717, 1.165) is 27.3 Å². The molecule has 0 aromatic heterocycles. The first kappa shape index (κ1) is 13.0. The van der Waals surface area contributed by atoms with Gasteiger partial charge >= 0.3 is 6.37 Å². The molecule has 0 aromatic rings. The highest BCUT2D eigenvalue weighted by Gasteiger charge is 2.52. The van der Waals surface area contributed by atoms with Gasteiger partial charge in [-0.05, 0) is 13.1 Å². The second-order valence-electron chi connectivity index (χ2n) is 2.64. The lowest BCUT2D eigenvalue weighted by atomic mass is 11.8. The van der Waals surface area contributed by atoms with Gasteiger partial charge in [-0.1, -0.05) is 0 Å². The van der Waals surface area contributed by atoms with Crippen molar-refractivity contribution in [1.29, 1.82) is 0 Å². The summed E-state index contributed by atoms with van der Waals surface area (Å²) >= 11 is 0. The molecular weight excluding hydrogens is 236 g/mol. The normalized spacial score (nSPS) is 14.5. The Labute approximate surface area is 78.4 Å². The van der Waals surface area contributed by atoms with Crippen LogP contribution in [-0.2, 0) is 27.5 Å². The highest BCUT2D eigenvalue weighted by molar-refractivity contribution is 8.48. The fourth-order valence-corrected chi connectivity index (χ4v) is 8.21. The average molecular weight is 248 g/mol. The van der Waals surface area contributed by atoms with Crippen molar-refractivity contribution in [1.82, 2.24) is 0 Å². The van der Waals surface area contributed by atoms with Gasteiger partial charge in [-0.2, -0.15) is 0 Å². The Morgan fingerprint density at radius 1 is 0.846 bits per heavy atom. The average Bonchev–Trinajstić information content (AvgIpc) is 2.03. The molecule has 0 saturated carbocycles. The molecule has 0 aromatic carbocycles. The third-order valence-corrected chi connectivity index (χ3v) is 16.8. The molecule has 0 spiro atoms. The fraction of sp³-hybridized carbons (Fsp3) is 1.00. The zero-order valence-electron chi connectivity index (χ0n) is 7.77. The van der Waals surface area contributed by atoms with E-state index < -0.39 is 25.5 Å². The van der Waals surface area contributed by atoms with Gasteiger partial charge in [-0.3, -0.25) is 8.37 Å². The molecule has 0 unspecified atom stereocenters. The first-order chi connectivity index (χ1) is 5.62. The molecule has 0 saturated heterocycles. The summed E-state index contributed by atoms with van der Waals surface area (Å²) in [6.07, 6.45) is -3.66. The summed E-state index contributed by atoms with van der Waals surface area (Å²) in [6, 6.07) is 0. The van der Waals surface area contributed by atoms with E-state index in [0.29, 0.717) is 0 Å². The summed E-state index contributed by atoms with van der Waals surface area (Å²) in [5.41, 5.74) is 0. The van der Waals surface area contributed by atoms with Gasteiger partial charge in [0.05, 0.1) is 14.2 Å². The first-order valence-corrected chi connectivity index (χ1v) is 10.5. The van der Waals surface area contributed by atoms with E-state index in [4.69, 9.17) is 0 Å². The minimum absolute atomic E-state index is 0.926. The summed E-state index contributed by atoms with van der Waals surface area (Å²) in [6.45, 7) is 2.26. The van der Waals surface area contributed by atoms with Gasteiger partial charge in [0.15, 0.2) is 0 Å². The molecule has 0 bridgehead atoms.